The van der Waals surface area contributed by atoms with Crippen LogP contribution in [0.15, 0.2) is 24.7 Å². The molecule has 2 atom stereocenters. The molecular weight excluding hydrogens is 336 g/mol. The Bertz CT molecular complexity index is 804. The summed E-state index contributed by atoms with van der Waals surface area (Å²) >= 11 is 0. The monoisotopic (exact) mass is 364 g/mol. The lowest BCUT2D eigenvalue weighted by Gasteiger charge is -2.26. The fourth-order valence-electron chi connectivity index (χ4n) is 4.62. The second kappa shape index (κ2) is 6.73. The van der Waals surface area contributed by atoms with Crippen LogP contribution in [0.4, 0.5) is 11.6 Å². The van der Waals surface area contributed by atoms with Gasteiger partial charge in [0.2, 0.25) is 0 Å². The molecule has 2 aromatic heterocycles. The van der Waals surface area contributed by atoms with Gasteiger partial charge in [0, 0.05) is 61.9 Å². The van der Waals surface area contributed by atoms with Crippen LogP contribution in [0.5, 0.6) is 0 Å². The molecule has 1 saturated carbocycles. The van der Waals surface area contributed by atoms with Gasteiger partial charge in [0.25, 0.3) is 0 Å². The first-order valence-electron chi connectivity index (χ1n) is 10.3. The fraction of sp³-hybridized carbons (Fsp3) is 0.619. The number of anilines is 2. The minimum absolute atomic E-state index is 0.437. The lowest BCUT2D eigenvalue weighted by atomic mass is 9.85. The molecule has 0 spiro atoms. The average molecular weight is 364 g/mol. The van der Waals surface area contributed by atoms with Crippen LogP contribution in [0.2, 0.25) is 0 Å². The predicted molar refractivity (Wildman–Crippen MR) is 106 cm³/mol. The van der Waals surface area contributed by atoms with Gasteiger partial charge in [-0.15, -0.1) is 0 Å². The highest BCUT2D eigenvalue weighted by molar-refractivity contribution is 5.45. The Labute approximate surface area is 161 Å². The van der Waals surface area contributed by atoms with Crippen molar-refractivity contribution in [2.24, 2.45) is 11.8 Å². The molecule has 2 saturated heterocycles. The Balaban J connectivity index is 1.26. The van der Waals surface area contributed by atoms with Gasteiger partial charge < -0.3 is 9.80 Å². The summed E-state index contributed by atoms with van der Waals surface area (Å²) in [4.78, 5) is 23.3. The van der Waals surface area contributed by atoms with Crippen LogP contribution in [0.25, 0.3) is 0 Å². The van der Waals surface area contributed by atoms with E-state index in [0.29, 0.717) is 23.7 Å². The number of rotatable bonds is 4. The fourth-order valence-corrected chi connectivity index (χ4v) is 4.62. The second-order valence-electron chi connectivity index (χ2n) is 8.69. The lowest BCUT2D eigenvalue weighted by Crippen LogP contribution is -2.30. The Kier molecular flexibility index (Phi) is 4.21. The Morgan fingerprint density at radius 2 is 1.63 bits per heavy atom. The SMILES string of the molecule is CC(C)c1cc(N2CC3CN(c4ccnc(C5CCC5)n4)CC3C2)ncn1. The largest absolute Gasteiger partial charge is 0.356 e. The van der Waals surface area contributed by atoms with E-state index in [2.05, 4.69) is 50.7 Å². The summed E-state index contributed by atoms with van der Waals surface area (Å²) in [5.41, 5.74) is 1.13. The highest BCUT2D eigenvalue weighted by Gasteiger charge is 2.41. The van der Waals surface area contributed by atoms with Crippen molar-refractivity contribution in [1.82, 2.24) is 19.9 Å². The summed E-state index contributed by atoms with van der Waals surface area (Å²) in [5, 5.41) is 0. The topological polar surface area (TPSA) is 58.0 Å². The van der Waals surface area contributed by atoms with E-state index in [9.17, 15) is 0 Å². The van der Waals surface area contributed by atoms with Crippen molar-refractivity contribution < 1.29 is 0 Å². The molecule has 6 heteroatoms. The molecule has 1 aliphatic carbocycles. The van der Waals surface area contributed by atoms with Gasteiger partial charge in [0.05, 0.1) is 0 Å². The van der Waals surface area contributed by atoms with Crippen LogP contribution >= 0.6 is 0 Å². The zero-order valence-corrected chi connectivity index (χ0v) is 16.3. The van der Waals surface area contributed by atoms with Crippen molar-refractivity contribution >= 4 is 11.6 Å². The van der Waals surface area contributed by atoms with E-state index >= 15 is 0 Å². The molecule has 142 valence electrons. The normalized spacial score (nSPS) is 25.1. The standard InChI is InChI=1S/C21H28N6/c1-14(2)18-8-20(24-13-23-18)27-11-16-9-26(10-17(16)12-27)19-6-7-22-21(25-19)15-4-3-5-15/h6-8,13-17H,3-5,9-12H2,1-2H3. The molecule has 2 aliphatic heterocycles. The summed E-state index contributed by atoms with van der Waals surface area (Å²) in [6.07, 6.45) is 7.49. The minimum atomic E-state index is 0.437. The summed E-state index contributed by atoms with van der Waals surface area (Å²) in [7, 11) is 0. The molecule has 3 aliphatic rings. The summed E-state index contributed by atoms with van der Waals surface area (Å²) < 4.78 is 0. The van der Waals surface area contributed by atoms with Crippen LogP contribution in [0.1, 0.15) is 56.5 Å². The number of aromatic nitrogens is 4. The molecule has 2 unspecified atom stereocenters. The van der Waals surface area contributed by atoms with Crippen molar-refractivity contribution in [2.75, 3.05) is 36.0 Å². The number of nitrogens with zero attached hydrogens (tertiary/aromatic N) is 6. The van der Waals surface area contributed by atoms with Gasteiger partial charge in [-0.1, -0.05) is 20.3 Å². The average Bonchev–Trinajstić information content (AvgIpc) is 3.20. The van der Waals surface area contributed by atoms with Crippen molar-refractivity contribution in [3.8, 4) is 0 Å². The highest BCUT2D eigenvalue weighted by atomic mass is 15.3. The van der Waals surface area contributed by atoms with E-state index in [-0.39, 0.29) is 0 Å². The van der Waals surface area contributed by atoms with Gasteiger partial charge in [0.1, 0.15) is 23.8 Å². The Morgan fingerprint density at radius 3 is 2.26 bits per heavy atom. The first-order valence-corrected chi connectivity index (χ1v) is 10.3. The van der Waals surface area contributed by atoms with Crippen molar-refractivity contribution in [3.63, 3.8) is 0 Å². The van der Waals surface area contributed by atoms with E-state index in [1.54, 1.807) is 6.33 Å². The maximum Gasteiger partial charge on any atom is 0.133 e. The molecule has 27 heavy (non-hydrogen) atoms. The van der Waals surface area contributed by atoms with Crippen LogP contribution in [-0.2, 0) is 0 Å². The van der Waals surface area contributed by atoms with Crippen molar-refractivity contribution in [3.05, 3.63) is 36.2 Å². The van der Waals surface area contributed by atoms with E-state index in [1.165, 1.54) is 19.3 Å². The van der Waals surface area contributed by atoms with Gasteiger partial charge in [-0.05, 0) is 24.8 Å². The van der Waals surface area contributed by atoms with Gasteiger partial charge in [-0.3, -0.25) is 0 Å². The molecule has 6 nitrogen and oxygen atoms in total. The van der Waals surface area contributed by atoms with Crippen LogP contribution in [-0.4, -0.2) is 46.1 Å². The quantitative estimate of drug-likeness (QED) is 0.830. The van der Waals surface area contributed by atoms with Crippen LogP contribution in [0, 0.1) is 11.8 Å². The third-order valence-corrected chi connectivity index (χ3v) is 6.53. The molecular formula is C21H28N6. The summed E-state index contributed by atoms with van der Waals surface area (Å²) in [6.45, 7) is 8.70. The third-order valence-electron chi connectivity index (χ3n) is 6.53. The van der Waals surface area contributed by atoms with Gasteiger partial charge in [0.15, 0.2) is 0 Å². The van der Waals surface area contributed by atoms with Gasteiger partial charge in [-0.25, -0.2) is 19.9 Å². The van der Waals surface area contributed by atoms with Crippen LogP contribution < -0.4 is 9.80 Å². The predicted octanol–water partition coefficient (Wildman–Crippen LogP) is 3.23. The zero-order valence-electron chi connectivity index (χ0n) is 16.3. The molecule has 0 bridgehead atoms. The smallest absolute Gasteiger partial charge is 0.133 e. The second-order valence-corrected chi connectivity index (χ2v) is 8.69. The van der Waals surface area contributed by atoms with Crippen molar-refractivity contribution in [1.29, 1.82) is 0 Å². The van der Waals surface area contributed by atoms with Gasteiger partial charge >= 0.3 is 0 Å². The van der Waals surface area contributed by atoms with E-state index < -0.39 is 0 Å². The summed E-state index contributed by atoms with van der Waals surface area (Å²) in [6, 6.07) is 4.25. The lowest BCUT2D eigenvalue weighted by molar-refractivity contribution is 0.401. The zero-order chi connectivity index (χ0) is 18.4. The molecule has 0 N–H and O–H groups in total. The maximum atomic E-state index is 4.89. The third kappa shape index (κ3) is 3.15. The van der Waals surface area contributed by atoms with E-state index in [4.69, 9.17) is 4.98 Å². The van der Waals surface area contributed by atoms with Crippen molar-refractivity contribution in [2.45, 2.75) is 44.9 Å². The Hall–Kier alpha value is -2.24. The maximum absolute atomic E-state index is 4.89. The molecule has 0 aromatic carbocycles. The number of hydrogen-bond donors (Lipinski definition) is 0. The van der Waals surface area contributed by atoms with E-state index in [1.807, 2.05) is 6.20 Å². The number of fused-ring (bicyclic) bond motifs is 1. The molecule has 5 rings (SSSR count). The van der Waals surface area contributed by atoms with E-state index in [0.717, 1.165) is 49.3 Å². The number of hydrogen-bond acceptors (Lipinski definition) is 6. The highest BCUT2D eigenvalue weighted by Crippen LogP contribution is 2.37. The van der Waals surface area contributed by atoms with Gasteiger partial charge in [-0.2, -0.15) is 0 Å². The first-order chi connectivity index (χ1) is 13.2. The summed E-state index contributed by atoms with van der Waals surface area (Å²) in [5.74, 6) is 5.66. The molecule has 0 radical (unpaired) electrons. The molecule has 2 aromatic rings. The molecule has 0 amide bonds. The Morgan fingerprint density at radius 1 is 0.926 bits per heavy atom. The molecule has 3 fully saturated rings. The molecule has 4 heterocycles. The van der Waals surface area contributed by atoms with Crippen LogP contribution in [0.3, 0.4) is 0 Å². The first kappa shape index (κ1) is 16.9. The minimum Gasteiger partial charge on any atom is -0.356 e.